The number of rotatable bonds is 3. The highest BCUT2D eigenvalue weighted by Gasteiger charge is 2.17. The molecule has 1 aromatic carbocycles. The Morgan fingerprint density at radius 2 is 2.13 bits per heavy atom. The summed E-state index contributed by atoms with van der Waals surface area (Å²) in [6.07, 6.45) is 0. The van der Waals surface area contributed by atoms with Gasteiger partial charge in [-0.1, -0.05) is 6.07 Å². The second kappa shape index (κ2) is 4.38. The van der Waals surface area contributed by atoms with Crippen LogP contribution in [0.1, 0.15) is 29.5 Å². The molecule has 0 saturated heterocycles. The van der Waals surface area contributed by atoms with Crippen molar-refractivity contribution < 1.29 is 18.7 Å². The maximum atomic E-state index is 13.3. The molecule has 1 unspecified atom stereocenters. The molecule has 0 spiro atoms. The molecule has 1 N–H and O–H groups in total. The van der Waals surface area contributed by atoms with Gasteiger partial charge in [0.2, 0.25) is 0 Å². The van der Waals surface area contributed by atoms with Crippen molar-refractivity contribution in [2.75, 3.05) is 0 Å². The molecular formula is C11H12F2O2. The van der Waals surface area contributed by atoms with Gasteiger partial charge in [-0.2, -0.15) is 0 Å². The molecule has 15 heavy (non-hydrogen) atoms. The Morgan fingerprint density at radius 1 is 1.53 bits per heavy atom. The molecular weight excluding hydrogens is 202 g/mol. The lowest BCUT2D eigenvalue weighted by atomic mass is 9.96. The van der Waals surface area contributed by atoms with E-state index in [-0.39, 0.29) is 5.56 Å². The summed E-state index contributed by atoms with van der Waals surface area (Å²) >= 11 is 0. The number of carboxylic acid groups (broad SMARTS) is 1. The van der Waals surface area contributed by atoms with Crippen molar-refractivity contribution in [2.45, 2.75) is 26.4 Å². The van der Waals surface area contributed by atoms with Crippen molar-refractivity contribution in [3.63, 3.8) is 0 Å². The lowest BCUT2D eigenvalue weighted by molar-refractivity contribution is -0.138. The quantitative estimate of drug-likeness (QED) is 0.840. The summed E-state index contributed by atoms with van der Waals surface area (Å²) in [7, 11) is 0. The van der Waals surface area contributed by atoms with Crippen molar-refractivity contribution in [2.24, 2.45) is 0 Å². The molecule has 0 radical (unpaired) electrons. The Hall–Kier alpha value is -1.45. The standard InChI is InChI=1S/C11H12F2O2/c1-6-3-8(7(2)11(14)15)4-10(13)9(6)5-12/h3-4,7H,5H2,1-2H3,(H,14,15). The number of alkyl halides is 1. The van der Waals surface area contributed by atoms with Gasteiger partial charge < -0.3 is 5.11 Å². The maximum absolute atomic E-state index is 13.3. The summed E-state index contributed by atoms with van der Waals surface area (Å²) in [6, 6.07) is 2.59. The van der Waals surface area contributed by atoms with Crippen molar-refractivity contribution in [3.8, 4) is 0 Å². The zero-order valence-corrected chi connectivity index (χ0v) is 8.55. The highest BCUT2D eigenvalue weighted by atomic mass is 19.1. The first-order valence-electron chi connectivity index (χ1n) is 4.55. The van der Waals surface area contributed by atoms with Crippen molar-refractivity contribution >= 4 is 5.97 Å². The SMILES string of the molecule is Cc1cc(C(C)C(=O)O)cc(F)c1CF. The molecule has 1 aromatic rings. The lowest BCUT2D eigenvalue weighted by Gasteiger charge is -2.10. The largest absolute Gasteiger partial charge is 0.481 e. The molecule has 0 amide bonds. The molecule has 0 bridgehead atoms. The minimum Gasteiger partial charge on any atom is -0.481 e. The summed E-state index contributed by atoms with van der Waals surface area (Å²) < 4.78 is 25.7. The molecule has 0 heterocycles. The van der Waals surface area contributed by atoms with E-state index in [0.717, 1.165) is 6.07 Å². The van der Waals surface area contributed by atoms with Crippen LogP contribution >= 0.6 is 0 Å². The first-order chi connectivity index (χ1) is 6.97. The van der Waals surface area contributed by atoms with Crippen molar-refractivity contribution in [1.29, 1.82) is 0 Å². The predicted octanol–water partition coefficient (Wildman–Crippen LogP) is 2.79. The zero-order chi connectivity index (χ0) is 11.6. The van der Waals surface area contributed by atoms with Gasteiger partial charge in [-0.05, 0) is 31.0 Å². The number of benzene rings is 1. The van der Waals surface area contributed by atoms with Crippen LogP contribution in [0.2, 0.25) is 0 Å². The fourth-order valence-electron chi connectivity index (χ4n) is 1.36. The van der Waals surface area contributed by atoms with Gasteiger partial charge in [0.15, 0.2) is 0 Å². The monoisotopic (exact) mass is 214 g/mol. The van der Waals surface area contributed by atoms with E-state index in [1.807, 2.05) is 0 Å². The van der Waals surface area contributed by atoms with Gasteiger partial charge >= 0.3 is 5.97 Å². The molecule has 0 aromatic heterocycles. The molecule has 2 nitrogen and oxygen atoms in total. The summed E-state index contributed by atoms with van der Waals surface area (Å²) in [4.78, 5) is 10.7. The van der Waals surface area contributed by atoms with E-state index in [2.05, 4.69) is 0 Å². The van der Waals surface area contributed by atoms with E-state index >= 15 is 0 Å². The minimum absolute atomic E-state index is 0.00339. The van der Waals surface area contributed by atoms with Gasteiger partial charge in [0, 0.05) is 5.56 Å². The van der Waals surface area contributed by atoms with Crippen LogP contribution in [-0.4, -0.2) is 11.1 Å². The van der Waals surface area contributed by atoms with Gasteiger partial charge in [0.25, 0.3) is 0 Å². The first kappa shape index (κ1) is 11.6. The first-order valence-corrected chi connectivity index (χ1v) is 4.55. The topological polar surface area (TPSA) is 37.3 Å². The number of hydrogen-bond donors (Lipinski definition) is 1. The Balaban J connectivity index is 3.19. The second-order valence-electron chi connectivity index (χ2n) is 3.49. The number of aryl methyl sites for hydroxylation is 1. The summed E-state index contributed by atoms with van der Waals surface area (Å²) in [5, 5.41) is 8.75. The average Bonchev–Trinajstić information content (AvgIpc) is 2.15. The molecule has 1 atom stereocenters. The van der Waals surface area contributed by atoms with Crippen molar-refractivity contribution in [1.82, 2.24) is 0 Å². The van der Waals surface area contributed by atoms with E-state index in [1.54, 1.807) is 6.92 Å². The second-order valence-corrected chi connectivity index (χ2v) is 3.49. The minimum atomic E-state index is -1.03. The molecule has 0 fully saturated rings. The van der Waals surface area contributed by atoms with E-state index in [0.29, 0.717) is 11.1 Å². The number of hydrogen-bond acceptors (Lipinski definition) is 1. The molecule has 0 aliphatic rings. The van der Waals surface area contributed by atoms with Gasteiger partial charge in [-0.3, -0.25) is 4.79 Å². The highest BCUT2D eigenvalue weighted by molar-refractivity contribution is 5.75. The third-order valence-corrected chi connectivity index (χ3v) is 2.44. The number of carboxylic acids is 1. The Labute approximate surface area is 86.5 Å². The van der Waals surface area contributed by atoms with E-state index < -0.39 is 24.4 Å². The van der Waals surface area contributed by atoms with Crippen LogP contribution in [0, 0.1) is 12.7 Å². The number of carbonyl (C=O) groups is 1. The van der Waals surface area contributed by atoms with Crippen LogP contribution in [0.4, 0.5) is 8.78 Å². The van der Waals surface area contributed by atoms with Gasteiger partial charge in [-0.25, -0.2) is 8.78 Å². The normalized spacial score (nSPS) is 12.5. The number of halogens is 2. The van der Waals surface area contributed by atoms with Gasteiger partial charge in [0.05, 0.1) is 5.92 Å². The Bertz CT molecular complexity index is 365. The van der Waals surface area contributed by atoms with E-state index in [1.165, 1.54) is 13.0 Å². The fraction of sp³-hybridized carbons (Fsp3) is 0.364. The van der Waals surface area contributed by atoms with Crippen LogP contribution in [0.25, 0.3) is 0 Å². The molecule has 0 aliphatic heterocycles. The van der Waals surface area contributed by atoms with Crippen molar-refractivity contribution in [3.05, 3.63) is 34.6 Å². The zero-order valence-electron chi connectivity index (χ0n) is 8.55. The molecule has 82 valence electrons. The van der Waals surface area contributed by atoms with Gasteiger partial charge in [-0.15, -0.1) is 0 Å². The summed E-state index contributed by atoms with van der Waals surface area (Å²) in [6.45, 7) is 2.15. The summed E-state index contributed by atoms with van der Waals surface area (Å²) in [5.74, 6) is -2.49. The molecule has 0 saturated carbocycles. The van der Waals surface area contributed by atoms with Crippen LogP contribution in [0.5, 0.6) is 0 Å². The Kier molecular flexibility index (Phi) is 3.39. The van der Waals surface area contributed by atoms with Crippen LogP contribution in [0.3, 0.4) is 0 Å². The average molecular weight is 214 g/mol. The smallest absolute Gasteiger partial charge is 0.310 e. The van der Waals surface area contributed by atoms with Crippen LogP contribution < -0.4 is 0 Å². The lowest BCUT2D eigenvalue weighted by Crippen LogP contribution is -2.08. The highest BCUT2D eigenvalue weighted by Crippen LogP contribution is 2.22. The number of aliphatic carboxylic acids is 1. The summed E-state index contributed by atoms with van der Waals surface area (Å²) in [5.41, 5.74) is 0.798. The molecule has 1 rings (SSSR count). The fourth-order valence-corrected chi connectivity index (χ4v) is 1.36. The molecule has 0 aliphatic carbocycles. The van der Waals surface area contributed by atoms with Gasteiger partial charge in [0.1, 0.15) is 12.5 Å². The third kappa shape index (κ3) is 2.32. The maximum Gasteiger partial charge on any atom is 0.310 e. The third-order valence-electron chi connectivity index (χ3n) is 2.44. The van der Waals surface area contributed by atoms with Crippen LogP contribution in [0.15, 0.2) is 12.1 Å². The van der Waals surface area contributed by atoms with E-state index in [4.69, 9.17) is 5.11 Å². The Morgan fingerprint density at radius 3 is 2.53 bits per heavy atom. The predicted molar refractivity (Wildman–Crippen MR) is 52.0 cm³/mol. The molecule has 4 heteroatoms. The van der Waals surface area contributed by atoms with E-state index in [9.17, 15) is 13.6 Å². The van der Waals surface area contributed by atoms with Crippen LogP contribution in [-0.2, 0) is 11.5 Å².